The normalized spacial score (nSPS) is 21.5. The smallest absolute Gasteiger partial charge is 0.257 e. The van der Waals surface area contributed by atoms with Gasteiger partial charge in [0, 0.05) is 24.9 Å². The van der Waals surface area contributed by atoms with E-state index in [0.717, 1.165) is 36.3 Å². The molecular weight excluding hydrogens is 500 g/mol. The van der Waals surface area contributed by atoms with Crippen molar-refractivity contribution in [2.24, 2.45) is 5.92 Å². The molecule has 0 radical (unpaired) electrons. The first-order valence-electron chi connectivity index (χ1n) is 13.4. The van der Waals surface area contributed by atoms with Crippen LogP contribution in [0.4, 0.5) is 5.13 Å². The summed E-state index contributed by atoms with van der Waals surface area (Å²) in [6.07, 6.45) is 5.40. The van der Waals surface area contributed by atoms with Crippen LogP contribution in [-0.4, -0.2) is 54.5 Å². The third-order valence-corrected chi connectivity index (χ3v) is 8.10. The lowest BCUT2D eigenvalue weighted by molar-refractivity contribution is -0.125. The molecule has 3 aromatic rings. The Balaban J connectivity index is 1.05. The molecule has 2 N–H and O–H groups in total. The predicted molar refractivity (Wildman–Crippen MR) is 146 cm³/mol. The Kier molecular flexibility index (Phi) is 9.11. The zero-order chi connectivity index (χ0) is 26.2. The largest absolute Gasteiger partial charge is 0.376 e. The van der Waals surface area contributed by atoms with E-state index in [-0.39, 0.29) is 17.9 Å². The zero-order valence-corrected chi connectivity index (χ0v) is 22.3. The fourth-order valence-electron chi connectivity index (χ4n) is 5.14. The van der Waals surface area contributed by atoms with Crippen molar-refractivity contribution >= 4 is 28.3 Å². The Labute approximate surface area is 227 Å². The molecule has 8 nitrogen and oxygen atoms in total. The molecule has 0 spiro atoms. The molecule has 1 saturated heterocycles. The van der Waals surface area contributed by atoms with E-state index >= 15 is 0 Å². The van der Waals surface area contributed by atoms with Crippen LogP contribution in [-0.2, 0) is 20.7 Å². The Morgan fingerprint density at radius 1 is 0.947 bits per heavy atom. The summed E-state index contributed by atoms with van der Waals surface area (Å²) in [5, 5.41) is 15.6. The van der Waals surface area contributed by atoms with Crippen LogP contribution >= 0.6 is 11.3 Å². The molecule has 1 saturated carbocycles. The summed E-state index contributed by atoms with van der Waals surface area (Å²) in [4.78, 5) is 25.1. The minimum Gasteiger partial charge on any atom is -0.376 e. The van der Waals surface area contributed by atoms with Crippen molar-refractivity contribution in [1.82, 2.24) is 15.5 Å². The lowest BCUT2D eigenvalue weighted by atomic mass is 9.77. The van der Waals surface area contributed by atoms with Crippen molar-refractivity contribution in [3.63, 3.8) is 0 Å². The van der Waals surface area contributed by atoms with Gasteiger partial charge in [0.2, 0.25) is 11.0 Å². The Morgan fingerprint density at radius 3 is 2.47 bits per heavy atom. The Bertz CT molecular complexity index is 1190. The maximum absolute atomic E-state index is 12.7. The van der Waals surface area contributed by atoms with Gasteiger partial charge in [-0.05, 0) is 60.8 Å². The molecular formula is C29H34N4O4S. The standard InChI is InChI=1S/C29H34N4O4S/c34-26(30-18-25-19-36-14-15-37-25)16-21-6-8-22(9-7-21)23-10-12-24(13-11-23)28(35)31-29-33-32-27(38-29)17-20-4-2-1-3-5-20/h1-5,10-13,21-22,25H,6-9,14-19H2,(H,30,34)(H,31,33,35). The summed E-state index contributed by atoms with van der Waals surface area (Å²) in [5.41, 5.74) is 3.01. The number of nitrogens with one attached hydrogen (secondary N) is 2. The Hall–Kier alpha value is -3.14. The van der Waals surface area contributed by atoms with Gasteiger partial charge in [0.25, 0.3) is 5.91 Å². The molecule has 1 unspecified atom stereocenters. The van der Waals surface area contributed by atoms with E-state index in [1.807, 2.05) is 30.3 Å². The van der Waals surface area contributed by atoms with Crippen LogP contribution in [0.1, 0.15) is 64.5 Å². The number of hydrogen-bond donors (Lipinski definition) is 2. The van der Waals surface area contributed by atoms with Crippen LogP contribution in [0.3, 0.4) is 0 Å². The van der Waals surface area contributed by atoms with E-state index in [0.29, 0.717) is 61.7 Å². The number of ether oxygens (including phenoxy) is 2. The van der Waals surface area contributed by atoms with Gasteiger partial charge in [-0.25, -0.2) is 0 Å². The molecule has 1 aliphatic carbocycles. The van der Waals surface area contributed by atoms with Crippen LogP contribution in [0.2, 0.25) is 0 Å². The number of anilines is 1. The molecule has 1 atom stereocenters. The van der Waals surface area contributed by atoms with Crippen molar-refractivity contribution in [1.29, 1.82) is 0 Å². The van der Waals surface area contributed by atoms with E-state index in [2.05, 4.69) is 45.1 Å². The van der Waals surface area contributed by atoms with E-state index in [1.165, 1.54) is 16.9 Å². The third kappa shape index (κ3) is 7.46. The van der Waals surface area contributed by atoms with Crippen LogP contribution < -0.4 is 10.6 Å². The van der Waals surface area contributed by atoms with Crippen LogP contribution in [0.15, 0.2) is 54.6 Å². The molecule has 38 heavy (non-hydrogen) atoms. The zero-order valence-electron chi connectivity index (χ0n) is 21.4. The SMILES string of the molecule is O=C(CC1CCC(c2ccc(C(=O)Nc3nnc(Cc4ccccc4)s3)cc2)CC1)NCC1COCCO1. The summed E-state index contributed by atoms with van der Waals surface area (Å²) in [5.74, 6) is 0.793. The number of rotatable bonds is 9. The molecule has 2 aliphatic rings. The summed E-state index contributed by atoms with van der Waals surface area (Å²) in [6.45, 7) is 2.28. The number of amides is 2. The highest BCUT2D eigenvalue weighted by Crippen LogP contribution is 2.37. The van der Waals surface area contributed by atoms with Crippen LogP contribution in [0, 0.1) is 5.92 Å². The maximum Gasteiger partial charge on any atom is 0.257 e. The number of carbonyl (C=O) groups excluding carboxylic acids is 2. The highest BCUT2D eigenvalue weighted by Gasteiger charge is 2.25. The number of carbonyl (C=O) groups is 2. The van der Waals surface area contributed by atoms with Crippen molar-refractivity contribution in [2.75, 3.05) is 31.7 Å². The number of hydrogen-bond acceptors (Lipinski definition) is 7. The summed E-state index contributed by atoms with van der Waals surface area (Å²) in [6, 6.07) is 18.0. The quantitative estimate of drug-likeness (QED) is 0.417. The second-order valence-corrected chi connectivity index (χ2v) is 11.1. The average molecular weight is 535 g/mol. The topological polar surface area (TPSA) is 102 Å². The number of aromatic nitrogens is 2. The van der Waals surface area contributed by atoms with Gasteiger partial charge in [0.1, 0.15) is 5.01 Å². The average Bonchev–Trinajstić information content (AvgIpc) is 3.40. The van der Waals surface area contributed by atoms with Crippen LogP contribution in [0.25, 0.3) is 0 Å². The highest BCUT2D eigenvalue weighted by molar-refractivity contribution is 7.15. The van der Waals surface area contributed by atoms with Gasteiger partial charge in [-0.3, -0.25) is 14.9 Å². The molecule has 0 bridgehead atoms. The molecule has 5 rings (SSSR count). The van der Waals surface area contributed by atoms with E-state index in [9.17, 15) is 9.59 Å². The molecule has 1 aromatic heterocycles. The molecule has 200 valence electrons. The Morgan fingerprint density at radius 2 is 1.74 bits per heavy atom. The fourth-order valence-corrected chi connectivity index (χ4v) is 5.91. The van der Waals surface area contributed by atoms with Crippen LogP contribution in [0.5, 0.6) is 0 Å². The molecule has 2 amide bonds. The van der Waals surface area contributed by atoms with E-state index in [4.69, 9.17) is 9.47 Å². The minimum absolute atomic E-state index is 0.0381. The van der Waals surface area contributed by atoms with Gasteiger partial charge in [0.05, 0.1) is 25.9 Å². The molecule has 2 aromatic carbocycles. The second kappa shape index (κ2) is 13.1. The van der Waals surface area contributed by atoms with Crippen molar-refractivity contribution in [3.8, 4) is 0 Å². The third-order valence-electron chi connectivity index (χ3n) is 7.26. The predicted octanol–water partition coefficient (Wildman–Crippen LogP) is 4.58. The number of benzene rings is 2. The van der Waals surface area contributed by atoms with Gasteiger partial charge in [0.15, 0.2) is 0 Å². The second-order valence-electron chi connectivity index (χ2n) is 10.0. The summed E-state index contributed by atoms with van der Waals surface area (Å²) < 4.78 is 11.0. The van der Waals surface area contributed by atoms with E-state index < -0.39 is 0 Å². The monoisotopic (exact) mass is 534 g/mol. The van der Waals surface area contributed by atoms with Gasteiger partial charge in [-0.1, -0.05) is 53.8 Å². The lowest BCUT2D eigenvalue weighted by Crippen LogP contribution is -2.40. The summed E-state index contributed by atoms with van der Waals surface area (Å²) >= 11 is 1.40. The first-order valence-corrected chi connectivity index (χ1v) is 14.2. The first-order chi connectivity index (χ1) is 18.6. The first kappa shape index (κ1) is 26.5. The van der Waals surface area contributed by atoms with Crippen molar-refractivity contribution < 1.29 is 19.1 Å². The van der Waals surface area contributed by atoms with Gasteiger partial charge in [-0.2, -0.15) is 0 Å². The van der Waals surface area contributed by atoms with E-state index in [1.54, 1.807) is 0 Å². The lowest BCUT2D eigenvalue weighted by Gasteiger charge is -2.29. The minimum atomic E-state index is -0.182. The van der Waals surface area contributed by atoms with Gasteiger partial charge in [-0.15, -0.1) is 10.2 Å². The molecule has 2 fully saturated rings. The highest BCUT2D eigenvalue weighted by atomic mass is 32.1. The van der Waals surface area contributed by atoms with Crippen molar-refractivity contribution in [3.05, 3.63) is 76.3 Å². The molecule has 1 aliphatic heterocycles. The van der Waals surface area contributed by atoms with Gasteiger partial charge < -0.3 is 14.8 Å². The fraction of sp³-hybridized carbons (Fsp3) is 0.448. The molecule has 2 heterocycles. The van der Waals surface area contributed by atoms with Crippen molar-refractivity contribution in [2.45, 2.75) is 50.5 Å². The molecule has 9 heteroatoms. The number of nitrogens with zero attached hydrogens (tertiary/aromatic N) is 2. The van der Waals surface area contributed by atoms with Gasteiger partial charge >= 0.3 is 0 Å². The maximum atomic E-state index is 12.7. The summed E-state index contributed by atoms with van der Waals surface area (Å²) in [7, 11) is 0.